The van der Waals surface area contributed by atoms with E-state index in [0.717, 1.165) is 12.0 Å². The maximum Gasteiger partial charge on any atom is 0.271 e. The number of nitro benzene ring substituents is 1. The molecular formula is C20H21N3O6. The lowest BCUT2D eigenvalue weighted by Gasteiger charge is -2.28. The molecule has 2 aromatic carbocycles. The van der Waals surface area contributed by atoms with E-state index in [1.165, 1.54) is 23.1 Å². The van der Waals surface area contributed by atoms with E-state index >= 15 is 0 Å². The van der Waals surface area contributed by atoms with Gasteiger partial charge in [0.2, 0.25) is 5.91 Å². The Bertz CT molecular complexity index is 959. The maximum atomic E-state index is 12.6. The summed E-state index contributed by atoms with van der Waals surface area (Å²) in [7, 11) is 0. The van der Waals surface area contributed by atoms with Gasteiger partial charge in [-0.25, -0.2) is 0 Å². The van der Waals surface area contributed by atoms with Crippen LogP contribution in [-0.4, -0.2) is 36.5 Å². The first kappa shape index (κ1) is 20.1. The number of fused-ring (bicyclic) bond motifs is 1. The number of anilines is 2. The van der Waals surface area contributed by atoms with Crippen molar-refractivity contribution in [2.75, 3.05) is 30.0 Å². The zero-order valence-corrected chi connectivity index (χ0v) is 16.1. The summed E-state index contributed by atoms with van der Waals surface area (Å²) in [6.45, 7) is 3.94. The second kappa shape index (κ2) is 8.59. The average Bonchev–Trinajstić information content (AvgIpc) is 2.70. The summed E-state index contributed by atoms with van der Waals surface area (Å²) in [5.74, 6) is 0.153. The highest BCUT2D eigenvalue weighted by Crippen LogP contribution is 2.35. The zero-order valence-electron chi connectivity index (χ0n) is 16.1. The average molecular weight is 399 g/mol. The lowest BCUT2D eigenvalue weighted by atomic mass is 10.2. The van der Waals surface area contributed by atoms with E-state index in [4.69, 9.17) is 9.47 Å². The van der Waals surface area contributed by atoms with Crippen LogP contribution >= 0.6 is 0 Å². The Kier molecular flexibility index (Phi) is 5.96. The minimum Gasteiger partial charge on any atom is -0.494 e. The van der Waals surface area contributed by atoms with Crippen LogP contribution in [0.15, 0.2) is 36.4 Å². The van der Waals surface area contributed by atoms with Crippen molar-refractivity contribution in [2.45, 2.75) is 20.3 Å². The molecule has 0 aliphatic carbocycles. The molecule has 0 saturated carbocycles. The summed E-state index contributed by atoms with van der Waals surface area (Å²) in [5, 5.41) is 13.8. The SMILES string of the molecule is CCCOc1ccc(NC(=O)CN2C(=O)COc3ccc([N+](=O)[O-])cc32)c(C)c1. The number of carbonyl (C=O) groups excluding carboxylic acids is 2. The van der Waals surface area contributed by atoms with E-state index in [1.807, 2.05) is 19.9 Å². The van der Waals surface area contributed by atoms with Crippen LogP contribution in [0, 0.1) is 17.0 Å². The maximum absolute atomic E-state index is 12.6. The number of benzene rings is 2. The summed E-state index contributed by atoms with van der Waals surface area (Å²) in [6, 6.07) is 9.26. The fourth-order valence-corrected chi connectivity index (χ4v) is 2.90. The minimum absolute atomic E-state index is 0.189. The van der Waals surface area contributed by atoms with Crippen LogP contribution in [0.25, 0.3) is 0 Å². The molecule has 1 heterocycles. The molecule has 0 saturated heterocycles. The van der Waals surface area contributed by atoms with Gasteiger partial charge < -0.3 is 14.8 Å². The van der Waals surface area contributed by atoms with Gasteiger partial charge in [-0.2, -0.15) is 0 Å². The van der Waals surface area contributed by atoms with E-state index in [-0.39, 0.29) is 24.5 Å². The number of hydrogen-bond acceptors (Lipinski definition) is 6. The summed E-state index contributed by atoms with van der Waals surface area (Å²) in [4.78, 5) is 36.5. The number of carbonyl (C=O) groups is 2. The fraction of sp³-hybridized carbons (Fsp3) is 0.300. The number of nitrogens with one attached hydrogen (secondary N) is 1. The molecule has 9 nitrogen and oxygen atoms in total. The Morgan fingerprint density at radius 3 is 2.79 bits per heavy atom. The molecule has 152 valence electrons. The van der Waals surface area contributed by atoms with Gasteiger partial charge in [0.1, 0.15) is 18.0 Å². The standard InChI is InChI=1S/C20H21N3O6/c1-3-8-28-15-5-6-16(13(2)9-15)21-19(24)11-22-17-10-14(23(26)27)4-7-18(17)29-12-20(22)25/h4-7,9-10H,3,8,11-12H2,1-2H3,(H,21,24). The highest BCUT2D eigenvalue weighted by molar-refractivity contribution is 6.05. The number of non-ortho nitro benzene ring substituents is 1. The summed E-state index contributed by atoms with van der Waals surface area (Å²) in [5.41, 5.74) is 1.42. The van der Waals surface area contributed by atoms with Gasteiger partial charge in [0.25, 0.3) is 11.6 Å². The Balaban J connectivity index is 1.75. The number of rotatable bonds is 7. The predicted octanol–water partition coefficient (Wildman–Crippen LogP) is 3.06. The molecule has 1 aliphatic heterocycles. The zero-order chi connectivity index (χ0) is 21.0. The number of hydrogen-bond donors (Lipinski definition) is 1. The van der Waals surface area contributed by atoms with Crippen molar-refractivity contribution in [3.63, 3.8) is 0 Å². The molecule has 0 bridgehead atoms. The van der Waals surface area contributed by atoms with Gasteiger partial charge in [-0.15, -0.1) is 0 Å². The third-order valence-electron chi connectivity index (χ3n) is 4.34. The molecule has 0 unspecified atom stereocenters. The number of ether oxygens (including phenoxy) is 2. The molecule has 1 N–H and O–H groups in total. The molecule has 29 heavy (non-hydrogen) atoms. The quantitative estimate of drug-likeness (QED) is 0.566. The van der Waals surface area contributed by atoms with Crippen LogP contribution in [0.1, 0.15) is 18.9 Å². The summed E-state index contributed by atoms with van der Waals surface area (Å²) in [6.07, 6.45) is 0.894. The van der Waals surface area contributed by atoms with Gasteiger partial charge in [-0.1, -0.05) is 6.92 Å². The van der Waals surface area contributed by atoms with Gasteiger partial charge >= 0.3 is 0 Å². The molecule has 1 aliphatic rings. The van der Waals surface area contributed by atoms with E-state index in [9.17, 15) is 19.7 Å². The number of amides is 2. The molecule has 0 atom stereocenters. The molecule has 0 aromatic heterocycles. The Labute approximate surface area is 167 Å². The van der Waals surface area contributed by atoms with Gasteiger partial charge in [0.05, 0.1) is 17.2 Å². The third-order valence-corrected chi connectivity index (χ3v) is 4.34. The van der Waals surface area contributed by atoms with Crippen molar-refractivity contribution in [3.8, 4) is 11.5 Å². The van der Waals surface area contributed by atoms with Crippen molar-refractivity contribution in [1.82, 2.24) is 0 Å². The first-order valence-electron chi connectivity index (χ1n) is 9.14. The highest BCUT2D eigenvalue weighted by atomic mass is 16.6. The lowest BCUT2D eigenvalue weighted by molar-refractivity contribution is -0.384. The normalized spacial score (nSPS) is 12.8. The van der Waals surface area contributed by atoms with Crippen molar-refractivity contribution < 1.29 is 24.0 Å². The monoisotopic (exact) mass is 399 g/mol. The summed E-state index contributed by atoms with van der Waals surface area (Å²) >= 11 is 0. The molecular weight excluding hydrogens is 378 g/mol. The Morgan fingerprint density at radius 2 is 2.10 bits per heavy atom. The molecule has 0 radical (unpaired) electrons. The molecule has 0 fully saturated rings. The van der Waals surface area contributed by atoms with Crippen LogP contribution in [0.2, 0.25) is 0 Å². The van der Waals surface area contributed by atoms with Crippen molar-refractivity contribution in [1.29, 1.82) is 0 Å². The van der Waals surface area contributed by atoms with Crippen molar-refractivity contribution in [2.24, 2.45) is 0 Å². The second-order valence-corrected chi connectivity index (χ2v) is 6.55. The molecule has 3 rings (SSSR count). The van der Waals surface area contributed by atoms with Crippen LogP contribution in [0.3, 0.4) is 0 Å². The number of nitro groups is 1. The van der Waals surface area contributed by atoms with E-state index in [2.05, 4.69) is 5.32 Å². The molecule has 2 amide bonds. The Hall–Kier alpha value is -3.62. The van der Waals surface area contributed by atoms with E-state index < -0.39 is 16.7 Å². The lowest BCUT2D eigenvalue weighted by Crippen LogP contribution is -2.43. The summed E-state index contributed by atoms with van der Waals surface area (Å²) < 4.78 is 10.9. The number of aryl methyl sites for hydroxylation is 1. The molecule has 9 heteroatoms. The van der Waals surface area contributed by atoms with Crippen LogP contribution in [-0.2, 0) is 9.59 Å². The molecule has 2 aromatic rings. The van der Waals surface area contributed by atoms with Crippen LogP contribution < -0.4 is 19.7 Å². The van der Waals surface area contributed by atoms with Gasteiger partial charge in [0, 0.05) is 17.8 Å². The van der Waals surface area contributed by atoms with Crippen LogP contribution in [0.4, 0.5) is 17.1 Å². The predicted molar refractivity (Wildman–Crippen MR) is 107 cm³/mol. The van der Waals surface area contributed by atoms with Crippen molar-refractivity contribution in [3.05, 3.63) is 52.1 Å². The highest BCUT2D eigenvalue weighted by Gasteiger charge is 2.29. The van der Waals surface area contributed by atoms with Gasteiger partial charge in [-0.05, 0) is 43.2 Å². The molecule has 0 spiro atoms. The third kappa shape index (κ3) is 4.63. The van der Waals surface area contributed by atoms with E-state index in [0.29, 0.717) is 23.8 Å². The second-order valence-electron chi connectivity index (χ2n) is 6.55. The smallest absolute Gasteiger partial charge is 0.271 e. The number of nitrogens with zero attached hydrogens (tertiary/aromatic N) is 2. The topological polar surface area (TPSA) is 111 Å². The van der Waals surface area contributed by atoms with Gasteiger partial charge in [-0.3, -0.25) is 24.6 Å². The van der Waals surface area contributed by atoms with Gasteiger partial charge in [0.15, 0.2) is 6.61 Å². The fourth-order valence-electron chi connectivity index (χ4n) is 2.90. The van der Waals surface area contributed by atoms with E-state index in [1.54, 1.807) is 12.1 Å². The first-order valence-corrected chi connectivity index (χ1v) is 9.14. The first-order chi connectivity index (χ1) is 13.9. The van der Waals surface area contributed by atoms with Crippen LogP contribution in [0.5, 0.6) is 11.5 Å². The largest absolute Gasteiger partial charge is 0.494 e. The van der Waals surface area contributed by atoms with Crippen molar-refractivity contribution >= 4 is 28.9 Å². The minimum atomic E-state index is -0.566. The Morgan fingerprint density at radius 1 is 1.31 bits per heavy atom.